The molecular weight excluding hydrogens is 502 g/mol. The first-order valence-electron chi connectivity index (χ1n) is 14.0. The Labute approximate surface area is 233 Å². The summed E-state index contributed by atoms with van der Waals surface area (Å²) in [6.45, 7) is 15.2. The SMILES string of the molecule is CCC(C)N[C@@](Cc1ccc(OC(=O)CCC(C)C)c(OC(=O)CCC(C)C)c1)(OC(=O)C(C)CC)C(=O)O. The summed E-state index contributed by atoms with van der Waals surface area (Å²) < 4.78 is 16.7. The molecule has 0 radical (unpaired) electrons. The predicted molar refractivity (Wildman–Crippen MR) is 148 cm³/mol. The van der Waals surface area contributed by atoms with E-state index in [1.807, 2.05) is 41.5 Å². The lowest BCUT2D eigenvalue weighted by Crippen LogP contribution is -2.60. The molecule has 1 rings (SSSR count). The van der Waals surface area contributed by atoms with E-state index in [0.29, 0.717) is 43.1 Å². The molecule has 0 bridgehead atoms. The van der Waals surface area contributed by atoms with Crippen LogP contribution in [0.2, 0.25) is 0 Å². The van der Waals surface area contributed by atoms with Crippen LogP contribution in [0.3, 0.4) is 0 Å². The lowest BCUT2D eigenvalue weighted by atomic mass is 9.99. The normalized spacial score (nSPS) is 14.4. The average molecular weight is 550 g/mol. The van der Waals surface area contributed by atoms with E-state index in [9.17, 15) is 24.3 Å². The molecule has 3 atom stereocenters. The molecule has 220 valence electrons. The van der Waals surface area contributed by atoms with Gasteiger partial charge < -0.3 is 19.3 Å². The Morgan fingerprint density at radius 3 is 1.85 bits per heavy atom. The summed E-state index contributed by atoms with van der Waals surface area (Å²) in [5, 5.41) is 13.2. The highest BCUT2D eigenvalue weighted by Gasteiger charge is 2.44. The minimum Gasteiger partial charge on any atom is -0.477 e. The van der Waals surface area contributed by atoms with E-state index < -0.39 is 35.5 Å². The number of ether oxygens (including phenoxy) is 3. The van der Waals surface area contributed by atoms with Crippen molar-refractivity contribution in [3.63, 3.8) is 0 Å². The number of hydrogen-bond acceptors (Lipinski definition) is 8. The Bertz CT molecular complexity index is 974. The average Bonchev–Trinajstić information content (AvgIpc) is 2.86. The summed E-state index contributed by atoms with van der Waals surface area (Å²) >= 11 is 0. The van der Waals surface area contributed by atoms with Crippen molar-refractivity contribution in [3.8, 4) is 11.5 Å². The largest absolute Gasteiger partial charge is 0.477 e. The summed E-state index contributed by atoms with van der Waals surface area (Å²) in [7, 11) is 0. The quantitative estimate of drug-likeness (QED) is 0.143. The van der Waals surface area contributed by atoms with Crippen LogP contribution in [-0.4, -0.2) is 40.8 Å². The molecule has 0 aliphatic carbocycles. The van der Waals surface area contributed by atoms with Crippen molar-refractivity contribution in [2.24, 2.45) is 17.8 Å². The first kappa shape index (κ1) is 34.1. The molecule has 0 heterocycles. The van der Waals surface area contributed by atoms with E-state index >= 15 is 0 Å². The molecule has 0 saturated heterocycles. The summed E-state index contributed by atoms with van der Waals surface area (Å²) in [6.07, 6.45) is 2.48. The van der Waals surface area contributed by atoms with Crippen molar-refractivity contribution < 1.29 is 38.5 Å². The molecule has 2 unspecified atom stereocenters. The second-order valence-electron chi connectivity index (χ2n) is 11.1. The zero-order chi connectivity index (χ0) is 29.8. The smallest absolute Gasteiger partial charge is 0.364 e. The molecule has 0 aliphatic heterocycles. The van der Waals surface area contributed by atoms with Crippen LogP contribution >= 0.6 is 0 Å². The Morgan fingerprint density at radius 2 is 1.38 bits per heavy atom. The molecule has 0 amide bonds. The van der Waals surface area contributed by atoms with Gasteiger partial charge in [-0.25, -0.2) is 4.79 Å². The lowest BCUT2D eigenvalue weighted by molar-refractivity contribution is -0.187. The van der Waals surface area contributed by atoms with Gasteiger partial charge >= 0.3 is 23.9 Å². The van der Waals surface area contributed by atoms with E-state index in [4.69, 9.17) is 14.2 Å². The van der Waals surface area contributed by atoms with Gasteiger partial charge in [0.2, 0.25) is 0 Å². The van der Waals surface area contributed by atoms with Crippen molar-refractivity contribution in [1.29, 1.82) is 0 Å². The summed E-state index contributed by atoms with van der Waals surface area (Å²) in [5.74, 6) is -2.75. The van der Waals surface area contributed by atoms with E-state index in [2.05, 4.69) is 5.32 Å². The van der Waals surface area contributed by atoms with E-state index in [0.717, 1.165) is 0 Å². The van der Waals surface area contributed by atoms with Crippen molar-refractivity contribution in [3.05, 3.63) is 23.8 Å². The zero-order valence-electron chi connectivity index (χ0n) is 24.8. The van der Waals surface area contributed by atoms with Crippen LogP contribution in [0.15, 0.2) is 18.2 Å². The molecule has 0 fully saturated rings. The Kier molecular flexibility index (Phi) is 14.2. The maximum absolute atomic E-state index is 12.7. The molecule has 0 aromatic heterocycles. The Morgan fingerprint density at radius 1 is 0.846 bits per heavy atom. The van der Waals surface area contributed by atoms with Gasteiger partial charge in [0.25, 0.3) is 5.72 Å². The van der Waals surface area contributed by atoms with Gasteiger partial charge in [-0.15, -0.1) is 0 Å². The van der Waals surface area contributed by atoms with Gasteiger partial charge in [-0.3, -0.25) is 19.7 Å². The third kappa shape index (κ3) is 11.8. The van der Waals surface area contributed by atoms with Crippen LogP contribution in [0.1, 0.15) is 99.5 Å². The van der Waals surface area contributed by atoms with Crippen LogP contribution in [0.5, 0.6) is 11.5 Å². The third-order valence-corrected chi connectivity index (χ3v) is 6.49. The molecule has 2 N–H and O–H groups in total. The van der Waals surface area contributed by atoms with Crippen molar-refractivity contribution >= 4 is 23.9 Å². The highest BCUT2D eigenvalue weighted by molar-refractivity contribution is 5.83. The fourth-order valence-electron chi connectivity index (χ4n) is 3.51. The molecular formula is C30H47NO8. The highest BCUT2D eigenvalue weighted by atomic mass is 16.6. The number of esters is 3. The fourth-order valence-corrected chi connectivity index (χ4v) is 3.51. The highest BCUT2D eigenvalue weighted by Crippen LogP contribution is 2.32. The lowest BCUT2D eigenvalue weighted by Gasteiger charge is -2.34. The summed E-state index contributed by atoms with van der Waals surface area (Å²) in [5.41, 5.74) is -1.64. The van der Waals surface area contributed by atoms with E-state index in [1.165, 1.54) is 12.1 Å². The second kappa shape index (κ2) is 16.2. The number of carboxylic acid groups (broad SMARTS) is 1. The van der Waals surface area contributed by atoms with Gasteiger partial charge in [0.1, 0.15) is 0 Å². The number of rotatable bonds is 17. The molecule has 39 heavy (non-hydrogen) atoms. The number of aliphatic carboxylic acids is 1. The van der Waals surface area contributed by atoms with Gasteiger partial charge in [0.05, 0.1) is 5.92 Å². The van der Waals surface area contributed by atoms with Gasteiger partial charge in [-0.05, 0) is 62.1 Å². The Hall–Kier alpha value is -2.94. The standard InChI is InChI=1S/C30H47NO8/c1-9-21(7)28(34)39-30(29(35)36,31-22(8)10-2)18-23-13-14-24(37-26(32)15-11-19(3)4)25(17-23)38-27(33)16-12-20(5)6/h13-14,17,19-22,31H,9-12,15-16,18H2,1-8H3,(H,35,36)/t21?,22?,30-/m0/s1. The van der Waals surface area contributed by atoms with Crippen LogP contribution in [0, 0.1) is 17.8 Å². The van der Waals surface area contributed by atoms with E-state index in [1.54, 1.807) is 19.9 Å². The number of benzene rings is 1. The number of carboxylic acids is 1. The predicted octanol–water partition coefficient (Wildman–Crippen LogP) is 5.67. The van der Waals surface area contributed by atoms with Gasteiger partial charge in [-0.2, -0.15) is 0 Å². The number of hydrogen-bond donors (Lipinski definition) is 2. The monoisotopic (exact) mass is 549 g/mol. The molecule has 9 nitrogen and oxygen atoms in total. The molecule has 0 spiro atoms. The van der Waals surface area contributed by atoms with Gasteiger partial charge in [0.15, 0.2) is 11.5 Å². The van der Waals surface area contributed by atoms with Crippen molar-refractivity contribution in [2.75, 3.05) is 0 Å². The fraction of sp³-hybridized carbons (Fsp3) is 0.667. The van der Waals surface area contributed by atoms with Gasteiger partial charge in [0, 0.05) is 25.3 Å². The molecule has 1 aromatic rings. The topological polar surface area (TPSA) is 128 Å². The summed E-state index contributed by atoms with van der Waals surface area (Å²) in [6, 6.07) is 4.23. The number of nitrogens with one attached hydrogen (secondary N) is 1. The number of carbonyl (C=O) groups excluding carboxylic acids is 3. The van der Waals surface area contributed by atoms with Crippen molar-refractivity contribution in [2.45, 2.75) is 112 Å². The van der Waals surface area contributed by atoms with Gasteiger partial charge in [-0.1, -0.05) is 54.5 Å². The number of carbonyl (C=O) groups is 4. The third-order valence-electron chi connectivity index (χ3n) is 6.49. The molecule has 9 heteroatoms. The first-order valence-corrected chi connectivity index (χ1v) is 14.0. The molecule has 0 saturated carbocycles. The minimum absolute atomic E-state index is 0.00948. The maximum Gasteiger partial charge on any atom is 0.364 e. The second-order valence-corrected chi connectivity index (χ2v) is 11.1. The van der Waals surface area contributed by atoms with Crippen molar-refractivity contribution in [1.82, 2.24) is 5.32 Å². The van der Waals surface area contributed by atoms with Crippen LogP contribution in [-0.2, 0) is 30.3 Å². The molecule has 1 aromatic carbocycles. The maximum atomic E-state index is 12.7. The van der Waals surface area contributed by atoms with Crippen LogP contribution < -0.4 is 14.8 Å². The van der Waals surface area contributed by atoms with Crippen LogP contribution in [0.25, 0.3) is 0 Å². The zero-order valence-corrected chi connectivity index (χ0v) is 24.8. The molecule has 0 aliphatic rings. The minimum atomic E-state index is -2.05. The summed E-state index contributed by atoms with van der Waals surface area (Å²) in [4.78, 5) is 50.3. The Balaban J connectivity index is 3.43. The van der Waals surface area contributed by atoms with Crippen LogP contribution in [0.4, 0.5) is 0 Å². The van der Waals surface area contributed by atoms with E-state index in [-0.39, 0.29) is 36.8 Å². The first-order chi connectivity index (χ1) is 18.2.